The van der Waals surface area contributed by atoms with E-state index in [2.05, 4.69) is 10.2 Å². The zero-order valence-corrected chi connectivity index (χ0v) is 12.1. The molecule has 1 saturated heterocycles. The molecule has 1 aromatic carbocycles. The van der Waals surface area contributed by atoms with Crippen LogP contribution in [0.2, 0.25) is 10.0 Å². The van der Waals surface area contributed by atoms with Crippen molar-refractivity contribution in [3.8, 4) is 0 Å². The van der Waals surface area contributed by atoms with Crippen molar-refractivity contribution in [3.05, 3.63) is 27.7 Å². The first-order chi connectivity index (χ1) is 8.65. The third kappa shape index (κ3) is 2.47. The Balaban J connectivity index is 1.77. The van der Waals surface area contributed by atoms with Crippen LogP contribution in [0.3, 0.4) is 0 Å². The average molecular weight is 285 g/mol. The Morgan fingerprint density at radius 2 is 1.94 bits per heavy atom. The summed E-state index contributed by atoms with van der Waals surface area (Å²) in [6, 6.07) is 5.27. The first kappa shape index (κ1) is 12.6. The molecule has 18 heavy (non-hydrogen) atoms. The zero-order chi connectivity index (χ0) is 12.7. The van der Waals surface area contributed by atoms with Crippen LogP contribution in [0.1, 0.15) is 24.8 Å². The minimum atomic E-state index is 0.588. The second kappa shape index (κ2) is 4.92. The Morgan fingerprint density at radius 1 is 1.17 bits per heavy atom. The fourth-order valence-electron chi connectivity index (χ4n) is 2.61. The van der Waals surface area contributed by atoms with Gasteiger partial charge in [0, 0.05) is 25.2 Å². The van der Waals surface area contributed by atoms with Crippen molar-refractivity contribution in [1.82, 2.24) is 5.32 Å². The van der Waals surface area contributed by atoms with Crippen molar-refractivity contribution in [1.29, 1.82) is 0 Å². The fourth-order valence-corrected chi connectivity index (χ4v) is 3.22. The molecule has 1 aliphatic heterocycles. The number of benzene rings is 1. The summed E-state index contributed by atoms with van der Waals surface area (Å²) in [5.74, 6) is 0. The predicted molar refractivity (Wildman–Crippen MR) is 78.0 cm³/mol. The molecule has 0 bridgehead atoms. The van der Waals surface area contributed by atoms with Crippen LogP contribution in [0.4, 0.5) is 5.69 Å². The van der Waals surface area contributed by atoms with Gasteiger partial charge in [0.15, 0.2) is 0 Å². The summed E-state index contributed by atoms with van der Waals surface area (Å²) in [4.78, 5) is 2.32. The van der Waals surface area contributed by atoms with Gasteiger partial charge in [0.25, 0.3) is 0 Å². The number of nitrogens with zero attached hydrogens (tertiary/aromatic N) is 1. The molecule has 1 aliphatic carbocycles. The van der Waals surface area contributed by atoms with E-state index in [1.54, 1.807) is 0 Å². The summed E-state index contributed by atoms with van der Waals surface area (Å²) in [7, 11) is 0. The van der Waals surface area contributed by atoms with Crippen molar-refractivity contribution >= 4 is 28.9 Å². The van der Waals surface area contributed by atoms with Gasteiger partial charge in [0.1, 0.15) is 0 Å². The Hall–Kier alpha value is -0.440. The molecular formula is C14H18Cl2N2. The van der Waals surface area contributed by atoms with Crippen LogP contribution in [-0.2, 0) is 0 Å². The molecule has 1 heterocycles. The lowest BCUT2D eigenvalue weighted by atomic mass is 10.2. The highest BCUT2D eigenvalue weighted by Crippen LogP contribution is 2.38. The molecule has 1 aromatic rings. The van der Waals surface area contributed by atoms with Gasteiger partial charge in [-0.3, -0.25) is 0 Å². The number of hydrogen-bond acceptors (Lipinski definition) is 2. The van der Waals surface area contributed by atoms with Crippen molar-refractivity contribution in [2.24, 2.45) is 0 Å². The maximum atomic E-state index is 6.40. The molecule has 0 radical (unpaired) electrons. The summed E-state index contributed by atoms with van der Waals surface area (Å²) >= 11 is 12.7. The summed E-state index contributed by atoms with van der Waals surface area (Å²) in [6.45, 7) is 4.07. The van der Waals surface area contributed by atoms with Gasteiger partial charge in [0.05, 0.1) is 15.7 Å². The van der Waals surface area contributed by atoms with E-state index < -0.39 is 0 Å². The normalized spacial score (nSPS) is 23.7. The third-order valence-corrected chi connectivity index (χ3v) is 4.60. The summed E-state index contributed by atoms with van der Waals surface area (Å²) in [5, 5.41) is 5.24. The Kier molecular flexibility index (Phi) is 3.44. The number of nitrogens with one attached hydrogen (secondary N) is 1. The number of aryl methyl sites for hydroxylation is 1. The van der Waals surface area contributed by atoms with E-state index in [1.807, 2.05) is 19.1 Å². The lowest BCUT2D eigenvalue weighted by Crippen LogP contribution is -2.34. The van der Waals surface area contributed by atoms with Gasteiger partial charge in [-0.2, -0.15) is 0 Å². The zero-order valence-electron chi connectivity index (χ0n) is 10.5. The summed E-state index contributed by atoms with van der Waals surface area (Å²) in [5.41, 5.74) is 2.10. The molecule has 2 fully saturated rings. The van der Waals surface area contributed by atoms with Crippen molar-refractivity contribution in [3.63, 3.8) is 0 Å². The predicted octanol–water partition coefficient (Wildman–Crippen LogP) is 3.63. The van der Waals surface area contributed by atoms with E-state index in [0.717, 1.165) is 40.4 Å². The second-order valence-corrected chi connectivity index (χ2v) is 6.18. The standard InChI is InChI=1S/C14H18Cl2N2/c1-9-2-5-12(15)14(13(9)16)18-7-6-11(8-18)17-10-3-4-10/h2,5,10-11,17H,3-4,6-8H2,1H3. The fraction of sp³-hybridized carbons (Fsp3) is 0.571. The molecule has 1 saturated carbocycles. The van der Waals surface area contributed by atoms with E-state index >= 15 is 0 Å². The number of anilines is 1. The average Bonchev–Trinajstić information content (AvgIpc) is 3.03. The van der Waals surface area contributed by atoms with Crippen LogP contribution < -0.4 is 10.2 Å². The number of hydrogen-bond donors (Lipinski definition) is 1. The third-order valence-electron chi connectivity index (χ3n) is 3.81. The van der Waals surface area contributed by atoms with Crippen molar-refractivity contribution < 1.29 is 0 Å². The van der Waals surface area contributed by atoms with Gasteiger partial charge in [0.2, 0.25) is 0 Å². The van der Waals surface area contributed by atoms with Crippen LogP contribution in [0.5, 0.6) is 0 Å². The first-order valence-electron chi connectivity index (χ1n) is 6.61. The highest BCUT2D eigenvalue weighted by atomic mass is 35.5. The molecular weight excluding hydrogens is 267 g/mol. The van der Waals surface area contributed by atoms with E-state index in [9.17, 15) is 0 Å². The highest BCUT2D eigenvalue weighted by molar-refractivity contribution is 6.39. The Morgan fingerprint density at radius 3 is 2.67 bits per heavy atom. The van der Waals surface area contributed by atoms with Crippen LogP contribution in [0, 0.1) is 6.92 Å². The molecule has 1 N–H and O–H groups in total. The maximum Gasteiger partial charge on any atom is 0.0748 e. The highest BCUT2D eigenvalue weighted by Gasteiger charge is 2.30. The van der Waals surface area contributed by atoms with E-state index in [-0.39, 0.29) is 0 Å². The molecule has 2 aliphatic rings. The summed E-state index contributed by atoms with van der Waals surface area (Å²) in [6.07, 6.45) is 3.85. The molecule has 0 spiro atoms. The molecule has 1 atom stereocenters. The Labute approximate surface area is 118 Å². The molecule has 98 valence electrons. The van der Waals surface area contributed by atoms with Crippen LogP contribution >= 0.6 is 23.2 Å². The first-order valence-corrected chi connectivity index (χ1v) is 7.36. The minimum Gasteiger partial charge on any atom is -0.367 e. The molecule has 3 rings (SSSR count). The van der Waals surface area contributed by atoms with Gasteiger partial charge in [-0.25, -0.2) is 0 Å². The SMILES string of the molecule is Cc1ccc(Cl)c(N2CCC(NC3CC3)C2)c1Cl. The van der Waals surface area contributed by atoms with Gasteiger partial charge in [-0.05, 0) is 37.8 Å². The van der Waals surface area contributed by atoms with E-state index in [1.165, 1.54) is 19.3 Å². The van der Waals surface area contributed by atoms with Gasteiger partial charge in [-0.15, -0.1) is 0 Å². The molecule has 0 amide bonds. The van der Waals surface area contributed by atoms with Crippen molar-refractivity contribution in [2.75, 3.05) is 18.0 Å². The van der Waals surface area contributed by atoms with Gasteiger partial charge >= 0.3 is 0 Å². The summed E-state index contributed by atoms with van der Waals surface area (Å²) < 4.78 is 0. The minimum absolute atomic E-state index is 0.588. The largest absolute Gasteiger partial charge is 0.367 e. The number of halogens is 2. The van der Waals surface area contributed by atoms with Crippen molar-refractivity contribution in [2.45, 2.75) is 38.3 Å². The maximum absolute atomic E-state index is 6.40. The topological polar surface area (TPSA) is 15.3 Å². The smallest absolute Gasteiger partial charge is 0.0748 e. The molecule has 4 heteroatoms. The Bertz CT molecular complexity index is 457. The second-order valence-electron chi connectivity index (χ2n) is 5.40. The van der Waals surface area contributed by atoms with Crippen LogP contribution in [-0.4, -0.2) is 25.2 Å². The number of rotatable bonds is 3. The van der Waals surface area contributed by atoms with E-state index in [4.69, 9.17) is 23.2 Å². The lowest BCUT2D eigenvalue weighted by molar-refractivity contribution is 0.548. The molecule has 1 unspecified atom stereocenters. The van der Waals surface area contributed by atoms with Crippen LogP contribution in [0.15, 0.2) is 12.1 Å². The monoisotopic (exact) mass is 284 g/mol. The molecule has 0 aromatic heterocycles. The van der Waals surface area contributed by atoms with Gasteiger partial charge < -0.3 is 10.2 Å². The quantitative estimate of drug-likeness (QED) is 0.912. The lowest BCUT2D eigenvalue weighted by Gasteiger charge is -2.22. The van der Waals surface area contributed by atoms with Crippen LogP contribution in [0.25, 0.3) is 0 Å². The molecule has 2 nitrogen and oxygen atoms in total. The van der Waals surface area contributed by atoms with E-state index in [0.29, 0.717) is 6.04 Å². The van der Waals surface area contributed by atoms with Gasteiger partial charge in [-0.1, -0.05) is 29.3 Å².